The molecule has 0 fully saturated rings. The first-order valence-electron chi connectivity index (χ1n) is 7.01. The Labute approximate surface area is 127 Å². The third-order valence-corrected chi connectivity index (χ3v) is 2.99. The summed E-state index contributed by atoms with van der Waals surface area (Å²) in [7, 11) is 0. The molecule has 1 aliphatic rings. The molecule has 1 aliphatic heterocycles. The van der Waals surface area contributed by atoms with Crippen molar-refractivity contribution in [2.75, 3.05) is 6.54 Å². The van der Waals surface area contributed by atoms with Crippen LogP contribution in [0, 0.1) is 5.82 Å². The number of halogens is 1. The maximum atomic E-state index is 13.2. The van der Waals surface area contributed by atoms with E-state index in [2.05, 4.69) is 15.8 Å². The summed E-state index contributed by atoms with van der Waals surface area (Å²) in [5, 5.41) is 8.97. The van der Waals surface area contributed by atoms with Crippen LogP contribution in [0.5, 0.6) is 0 Å². The quantitative estimate of drug-likeness (QED) is 0.850. The second kappa shape index (κ2) is 7.02. The van der Waals surface area contributed by atoms with E-state index >= 15 is 0 Å². The Morgan fingerprint density at radius 3 is 2.91 bits per heavy atom. The molecule has 2 amide bonds. The summed E-state index contributed by atoms with van der Waals surface area (Å²) in [5.41, 5.74) is 1.08. The Kier molecular flexibility index (Phi) is 5.08. The minimum atomic E-state index is -0.801. The highest BCUT2D eigenvalue weighted by Crippen LogP contribution is 2.17. The largest absolute Gasteiger partial charge is 0.382 e. The molecule has 0 aromatic heterocycles. The van der Waals surface area contributed by atoms with Crippen LogP contribution < -0.4 is 10.6 Å². The Hall–Kier alpha value is -2.44. The topological polar surface area (TPSA) is 79.8 Å². The van der Waals surface area contributed by atoms with Crippen molar-refractivity contribution in [1.29, 1.82) is 0 Å². The second-order valence-electron chi connectivity index (χ2n) is 5.29. The third kappa shape index (κ3) is 4.28. The zero-order valence-corrected chi connectivity index (χ0v) is 12.4. The number of hydrogen-bond acceptors (Lipinski definition) is 4. The number of nitrogens with zero attached hydrogens (tertiary/aromatic N) is 1. The molecule has 0 aliphatic carbocycles. The third-order valence-electron chi connectivity index (χ3n) is 2.99. The summed E-state index contributed by atoms with van der Waals surface area (Å²) in [6, 6.07) is 5.93. The van der Waals surface area contributed by atoms with Gasteiger partial charge in [-0.25, -0.2) is 4.39 Å². The van der Waals surface area contributed by atoms with E-state index in [4.69, 9.17) is 4.84 Å². The van der Waals surface area contributed by atoms with E-state index in [1.54, 1.807) is 12.1 Å². The molecule has 0 spiro atoms. The Balaban J connectivity index is 1.84. The zero-order valence-electron chi connectivity index (χ0n) is 12.4. The highest BCUT2D eigenvalue weighted by atomic mass is 19.1. The van der Waals surface area contributed by atoms with Crippen LogP contribution in [0.1, 0.15) is 25.8 Å². The van der Waals surface area contributed by atoms with Crippen molar-refractivity contribution in [3.63, 3.8) is 0 Å². The number of carbonyl (C=O) groups excluding carboxylic acids is 2. The van der Waals surface area contributed by atoms with E-state index in [9.17, 15) is 14.0 Å². The number of benzene rings is 1. The van der Waals surface area contributed by atoms with E-state index in [0.29, 0.717) is 11.3 Å². The van der Waals surface area contributed by atoms with Crippen molar-refractivity contribution < 1.29 is 18.8 Å². The lowest BCUT2D eigenvalue weighted by Crippen LogP contribution is -2.43. The molecule has 2 rings (SSSR count). The van der Waals surface area contributed by atoms with Gasteiger partial charge in [0.1, 0.15) is 5.82 Å². The van der Waals surface area contributed by atoms with Crippen LogP contribution in [0.15, 0.2) is 29.4 Å². The molecule has 0 saturated carbocycles. The summed E-state index contributed by atoms with van der Waals surface area (Å²) in [4.78, 5) is 28.4. The standard InChI is InChI=1S/C15H18FN3O3/c1-9(2)18-14(20)8-17-15(21)13-7-12(19-22-13)10-4-3-5-11(16)6-10/h3-6,9,13H,7-8H2,1-2H3,(H,17,21)(H,18,20). The molecule has 2 N–H and O–H groups in total. The lowest BCUT2D eigenvalue weighted by atomic mass is 10.0. The van der Waals surface area contributed by atoms with Crippen LogP contribution in [0.25, 0.3) is 0 Å². The normalized spacial score (nSPS) is 16.9. The highest BCUT2D eigenvalue weighted by molar-refractivity contribution is 6.04. The molecule has 0 bridgehead atoms. The van der Waals surface area contributed by atoms with Gasteiger partial charge in [0.2, 0.25) is 12.0 Å². The van der Waals surface area contributed by atoms with Gasteiger partial charge in [-0.15, -0.1) is 0 Å². The molecule has 22 heavy (non-hydrogen) atoms. The molecule has 1 unspecified atom stereocenters. The van der Waals surface area contributed by atoms with Crippen molar-refractivity contribution in [3.8, 4) is 0 Å². The smallest absolute Gasteiger partial charge is 0.264 e. The number of rotatable bonds is 5. The maximum absolute atomic E-state index is 13.2. The predicted octanol–water partition coefficient (Wildman–Crippen LogP) is 0.959. The minimum absolute atomic E-state index is 0.00930. The number of hydrogen-bond donors (Lipinski definition) is 2. The van der Waals surface area contributed by atoms with Crippen molar-refractivity contribution in [2.45, 2.75) is 32.4 Å². The molecule has 6 nitrogen and oxygen atoms in total. The van der Waals surface area contributed by atoms with Crippen molar-refractivity contribution in [3.05, 3.63) is 35.6 Å². The number of oxime groups is 1. The average molecular weight is 307 g/mol. The summed E-state index contributed by atoms with van der Waals surface area (Å²) < 4.78 is 13.2. The van der Waals surface area contributed by atoms with Crippen molar-refractivity contribution >= 4 is 17.5 Å². The Bertz CT molecular complexity index is 601. The van der Waals surface area contributed by atoms with Crippen LogP contribution >= 0.6 is 0 Å². The van der Waals surface area contributed by atoms with Crippen LogP contribution in [-0.2, 0) is 14.4 Å². The molecule has 1 aromatic rings. The van der Waals surface area contributed by atoms with E-state index in [1.165, 1.54) is 12.1 Å². The molecule has 1 atom stereocenters. The fourth-order valence-corrected chi connectivity index (χ4v) is 2.01. The van der Waals surface area contributed by atoms with Crippen LogP contribution in [-0.4, -0.2) is 36.2 Å². The van der Waals surface area contributed by atoms with Crippen molar-refractivity contribution in [2.24, 2.45) is 5.16 Å². The summed E-state index contributed by atoms with van der Waals surface area (Å²) >= 11 is 0. The molecule has 0 radical (unpaired) electrons. The Morgan fingerprint density at radius 2 is 2.23 bits per heavy atom. The van der Waals surface area contributed by atoms with Gasteiger partial charge in [0.25, 0.3) is 5.91 Å². The number of nitrogens with one attached hydrogen (secondary N) is 2. The van der Waals surface area contributed by atoms with Gasteiger partial charge in [-0.3, -0.25) is 9.59 Å². The molecular weight excluding hydrogens is 289 g/mol. The molecular formula is C15H18FN3O3. The predicted molar refractivity (Wildman–Crippen MR) is 78.7 cm³/mol. The van der Waals surface area contributed by atoms with Crippen LogP contribution in [0.4, 0.5) is 4.39 Å². The summed E-state index contributed by atoms with van der Waals surface area (Å²) in [6.45, 7) is 3.55. The van der Waals surface area contributed by atoms with Crippen LogP contribution in [0.3, 0.4) is 0 Å². The van der Waals surface area contributed by atoms with Gasteiger partial charge in [0.15, 0.2) is 0 Å². The van der Waals surface area contributed by atoms with Gasteiger partial charge < -0.3 is 15.5 Å². The zero-order chi connectivity index (χ0) is 16.1. The lowest BCUT2D eigenvalue weighted by Gasteiger charge is -2.11. The maximum Gasteiger partial charge on any atom is 0.264 e. The van der Waals surface area contributed by atoms with Gasteiger partial charge >= 0.3 is 0 Å². The number of amides is 2. The molecule has 0 saturated heterocycles. The number of carbonyl (C=O) groups is 2. The highest BCUT2D eigenvalue weighted by Gasteiger charge is 2.29. The van der Waals surface area contributed by atoms with E-state index in [-0.39, 0.29) is 30.7 Å². The van der Waals surface area contributed by atoms with Gasteiger partial charge in [0.05, 0.1) is 12.3 Å². The van der Waals surface area contributed by atoms with E-state index in [0.717, 1.165) is 0 Å². The fourth-order valence-electron chi connectivity index (χ4n) is 2.01. The first kappa shape index (κ1) is 15.9. The second-order valence-corrected chi connectivity index (χ2v) is 5.29. The SMILES string of the molecule is CC(C)NC(=O)CNC(=O)C1CC(c2cccc(F)c2)=NO1. The van der Waals surface area contributed by atoms with Crippen LogP contribution in [0.2, 0.25) is 0 Å². The molecule has 1 aromatic carbocycles. The fraction of sp³-hybridized carbons (Fsp3) is 0.400. The first-order chi connectivity index (χ1) is 10.5. The monoisotopic (exact) mass is 307 g/mol. The van der Waals surface area contributed by atoms with Gasteiger partial charge in [-0.05, 0) is 26.0 Å². The van der Waals surface area contributed by atoms with E-state index < -0.39 is 12.0 Å². The minimum Gasteiger partial charge on any atom is -0.382 e. The Morgan fingerprint density at radius 1 is 1.45 bits per heavy atom. The van der Waals surface area contributed by atoms with Gasteiger partial charge in [0, 0.05) is 18.0 Å². The van der Waals surface area contributed by atoms with Gasteiger partial charge in [-0.2, -0.15) is 0 Å². The average Bonchev–Trinajstić information content (AvgIpc) is 2.94. The lowest BCUT2D eigenvalue weighted by molar-refractivity contribution is -0.133. The summed E-state index contributed by atoms with van der Waals surface area (Å²) in [5.74, 6) is -1.07. The first-order valence-corrected chi connectivity index (χ1v) is 7.01. The molecule has 118 valence electrons. The summed E-state index contributed by atoms with van der Waals surface area (Å²) in [6.07, 6.45) is -0.564. The van der Waals surface area contributed by atoms with E-state index in [1.807, 2.05) is 13.8 Å². The van der Waals surface area contributed by atoms with Crippen molar-refractivity contribution in [1.82, 2.24) is 10.6 Å². The molecule has 7 heteroatoms. The van der Waals surface area contributed by atoms with Gasteiger partial charge in [-0.1, -0.05) is 17.3 Å². The molecule has 1 heterocycles.